The Labute approximate surface area is 348 Å². The lowest BCUT2D eigenvalue weighted by Crippen LogP contribution is -2.46. The van der Waals surface area contributed by atoms with E-state index in [2.05, 4.69) is 49.6 Å². The summed E-state index contributed by atoms with van der Waals surface area (Å²) in [5.41, 5.74) is 6.89. The highest BCUT2D eigenvalue weighted by atomic mass is 35.5. The topological polar surface area (TPSA) is 160 Å². The Morgan fingerprint density at radius 3 is 2.29 bits per heavy atom. The van der Waals surface area contributed by atoms with Crippen molar-refractivity contribution in [1.82, 2.24) is 29.9 Å². The first-order chi connectivity index (χ1) is 28.4. The molecule has 0 saturated carbocycles. The lowest BCUT2D eigenvalue weighted by atomic mass is 9.99. The van der Waals surface area contributed by atoms with Crippen LogP contribution in [0.1, 0.15) is 70.3 Å². The molecule has 300 valence electrons. The van der Waals surface area contributed by atoms with Gasteiger partial charge in [-0.15, -0.1) is 21.5 Å². The molecule has 2 fully saturated rings. The monoisotopic (exact) mass is 828 g/mol. The molecule has 6 heterocycles. The summed E-state index contributed by atoms with van der Waals surface area (Å²) in [5.74, 6) is 0.341. The second kappa shape index (κ2) is 15.2. The number of piperidine rings is 1. The Morgan fingerprint density at radius 1 is 0.881 bits per heavy atom. The predicted molar refractivity (Wildman–Crippen MR) is 230 cm³/mol. The molecule has 3 aromatic carbocycles. The number of rotatable bonds is 7. The van der Waals surface area contributed by atoms with Crippen molar-refractivity contribution in [3.63, 3.8) is 0 Å². The van der Waals surface area contributed by atoms with E-state index in [1.165, 1.54) is 9.56 Å². The maximum absolute atomic E-state index is 13.7. The molecule has 0 bridgehead atoms. The fraction of sp³-hybridized carbons (Fsp3) is 0.302. The molecule has 2 atom stereocenters. The van der Waals surface area contributed by atoms with E-state index < -0.39 is 18.0 Å². The first-order valence-electron chi connectivity index (χ1n) is 19.6. The number of nitrogens with zero attached hydrogens (tertiary/aromatic N) is 8. The molecule has 0 aliphatic carbocycles. The normalized spacial score (nSPS) is 17.9. The van der Waals surface area contributed by atoms with E-state index in [1.807, 2.05) is 79.1 Å². The number of carbonyl (C=O) groups is 3. The van der Waals surface area contributed by atoms with Gasteiger partial charge in [-0.1, -0.05) is 23.7 Å². The van der Waals surface area contributed by atoms with Crippen molar-refractivity contribution in [3.05, 3.63) is 121 Å². The number of anilines is 3. The van der Waals surface area contributed by atoms with Crippen LogP contribution in [0.4, 0.5) is 17.1 Å². The number of carbonyl (C=O) groups excluding carboxylic acids is 3. The molecule has 3 aliphatic heterocycles. The minimum Gasteiger partial charge on any atom is -0.368 e. The molecule has 3 aromatic heterocycles. The summed E-state index contributed by atoms with van der Waals surface area (Å²) in [5, 5.41) is 21.7. The van der Waals surface area contributed by atoms with Crippen LogP contribution in [0.3, 0.4) is 0 Å². The average Bonchev–Trinajstić information content (AvgIpc) is 3.71. The number of piperazine rings is 1. The van der Waals surface area contributed by atoms with E-state index in [9.17, 15) is 19.2 Å². The zero-order valence-corrected chi connectivity index (χ0v) is 34.5. The van der Waals surface area contributed by atoms with Gasteiger partial charge in [-0.3, -0.25) is 34.1 Å². The summed E-state index contributed by atoms with van der Waals surface area (Å²) in [6, 6.07) is 19.9. The number of hydrogen-bond donors (Lipinski definition) is 2. The van der Waals surface area contributed by atoms with Gasteiger partial charge in [-0.2, -0.15) is 5.10 Å². The third-order valence-electron chi connectivity index (χ3n) is 11.5. The van der Waals surface area contributed by atoms with Gasteiger partial charge in [0, 0.05) is 76.1 Å². The molecule has 3 amide bonds. The van der Waals surface area contributed by atoms with Gasteiger partial charge in [-0.25, -0.2) is 4.68 Å². The Bertz CT molecular complexity index is 2770. The Balaban J connectivity index is 0.871. The van der Waals surface area contributed by atoms with Gasteiger partial charge in [0.2, 0.25) is 11.8 Å². The van der Waals surface area contributed by atoms with Gasteiger partial charge in [0.25, 0.3) is 11.5 Å². The van der Waals surface area contributed by atoms with Gasteiger partial charge in [0.05, 0.1) is 23.2 Å². The largest absolute Gasteiger partial charge is 0.368 e. The van der Waals surface area contributed by atoms with Crippen LogP contribution in [0.15, 0.2) is 76.5 Å². The average molecular weight is 829 g/mol. The Kier molecular flexibility index (Phi) is 9.88. The lowest BCUT2D eigenvalue weighted by molar-refractivity contribution is -0.136. The van der Waals surface area contributed by atoms with Crippen molar-refractivity contribution < 1.29 is 14.4 Å². The molecule has 59 heavy (non-hydrogen) atoms. The van der Waals surface area contributed by atoms with E-state index in [0.29, 0.717) is 27.6 Å². The van der Waals surface area contributed by atoms with Gasteiger partial charge < -0.3 is 15.1 Å². The molecular weight excluding hydrogens is 788 g/mol. The summed E-state index contributed by atoms with van der Waals surface area (Å²) in [6.07, 6.45) is 0.486. The second-order valence-corrected chi connectivity index (χ2v) is 16.8. The Morgan fingerprint density at radius 2 is 1.58 bits per heavy atom. The van der Waals surface area contributed by atoms with Gasteiger partial charge in [-0.05, 0) is 94.3 Å². The highest BCUT2D eigenvalue weighted by molar-refractivity contribution is 7.15. The number of aromatic nitrogens is 5. The van der Waals surface area contributed by atoms with Crippen LogP contribution < -0.4 is 26.0 Å². The molecule has 3 aliphatic rings. The molecule has 16 heteroatoms. The summed E-state index contributed by atoms with van der Waals surface area (Å²) in [4.78, 5) is 62.3. The summed E-state index contributed by atoms with van der Waals surface area (Å²) >= 11 is 7.93. The number of fused-ring (bicyclic) bond motifs is 4. The molecule has 6 aromatic rings. The van der Waals surface area contributed by atoms with Crippen molar-refractivity contribution in [2.75, 3.05) is 41.3 Å². The predicted octanol–water partition coefficient (Wildman–Crippen LogP) is 6.15. The molecule has 14 nitrogen and oxygen atoms in total. The number of nitrogens with one attached hydrogen (secondary N) is 2. The van der Waals surface area contributed by atoms with Gasteiger partial charge in [0.1, 0.15) is 22.9 Å². The molecule has 2 saturated heterocycles. The number of hydrogen-bond acceptors (Lipinski definition) is 11. The molecule has 2 N–H and O–H groups in total. The quantitative estimate of drug-likeness (QED) is 0.180. The number of aliphatic imine (C=N–C) groups is 1. The number of amides is 3. The van der Waals surface area contributed by atoms with Crippen LogP contribution in [-0.4, -0.2) is 74.2 Å². The number of benzene rings is 3. The summed E-state index contributed by atoms with van der Waals surface area (Å²) in [6.45, 7) is 11.0. The number of thiophene rings is 1. The van der Waals surface area contributed by atoms with Crippen LogP contribution >= 0.6 is 22.9 Å². The molecule has 0 radical (unpaired) electrons. The molecule has 1 unspecified atom stereocenters. The minimum absolute atomic E-state index is 0.0756. The molecule has 0 spiro atoms. The molecule has 9 rings (SSSR count). The highest BCUT2D eigenvalue weighted by Gasteiger charge is 2.33. The third kappa shape index (κ3) is 7.07. The van der Waals surface area contributed by atoms with Crippen molar-refractivity contribution in [2.24, 2.45) is 4.99 Å². The second-order valence-electron chi connectivity index (χ2n) is 15.2. The van der Waals surface area contributed by atoms with Crippen molar-refractivity contribution in [2.45, 2.75) is 59.0 Å². The first-order valence-corrected chi connectivity index (χ1v) is 20.8. The van der Waals surface area contributed by atoms with Gasteiger partial charge >= 0.3 is 0 Å². The van der Waals surface area contributed by atoms with Crippen LogP contribution in [0.2, 0.25) is 5.02 Å². The lowest BCUT2D eigenvalue weighted by Gasteiger charge is -2.37. The summed E-state index contributed by atoms with van der Waals surface area (Å²) in [7, 11) is 0. The maximum atomic E-state index is 13.7. The minimum atomic E-state index is -0.810. The van der Waals surface area contributed by atoms with Crippen molar-refractivity contribution >= 4 is 74.2 Å². The fourth-order valence-electron chi connectivity index (χ4n) is 8.22. The van der Waals surface area contributed by atoms with Crippen molar-refractivity contribution in [3.8, 4) is 5.00 Å². The standard InChI is InChI=1S/C43H41ClN10O4S/c1-23-25(3)59-43-38(23)39(27-5-7-28(44)8-6-27)46-34(40-49-48-26(4)53(40)43)22-37(56)45-29-9-11-30(12-10-29)51-17-19-52(20-18-51)31-13-14-32-33(21-31)24(2)50-54(42(32)58)35-15-16-36(55)47-41(35)57/h5-14,21,34-35H,15-20,22H2,1-4H3,(H,45,56)(H,47,55,57)/t34-,35?/m0/s1. The smallest absolute Gasteiger partial charge is 0.275 e. The molecular formula is C43H41ClN10O4S. The van der Waals surface area contributed by atoms with E-state index in [-0.39, 0.29) is 36.6 Å². The van der Waals surface area contributed by atoms with Crippen molar-refractivity contribution in [1.29, 1.82) is 0 Å². The van der Waals surface area contributed by atoms with Crippen LogP contribution in [0.5, 0.6) is 0 Å². The van der Waals surface area contributed by atoms with Crippen LogP contribution in [0.25, 0.3) is 15.8 Å². The number of halogens is 1. The van der Waals surface area contributed by atoms with Crippen LogP contribution in [0, 0.1) is 27.7 Å². The SMILES string of the molecule is Cc1sc2c(c1C)C(c1ccc(Cl)cc1)=N[C@@H](CC(=O)Nc1ccc(N3CCN(c4ccc5c(=O)n(C6CCC(=O)NC6=O)nc(C)c5c4)CC3)cc1)c1nnc(C)n1-2. The fourth-order valence-corrected chi connectivity index (χ4v) is 9.56. The number of aryl methyl sites for hydroxylation is 3. The van der Waals surface area contributed by atoms with E-state index in [4.69, 9.17) is 16.6 Å². The third-order valence-corrected chi connectivity index (χ3v) is 12.9. The summed E-state index contributed by atoms with van der Waals surface area (Å²) < 4.78 is 3.26. The highest BCUT2D eigenvalue weighted by Crippen LogP contribution is 2.40. The van der Waals surface area contributed by atoms with E-state index >= 15 is 0 Å². The number of imide groups is 1. The van der Waals surface area contributed by atoms with E-state index in [0.717, 1.165) is 76.2 Å². The first kappa shape index (κ1) is 38.3. The zero-order chi connectivity index (χ0) is 41.1. The van der Waals surface area contributed by atoms with Crippen LogP contribution in [-0.2, 0) is 14.4 Å². The van der Waals surface area contributed by atoms with Gasteiger partial charge in [0.15, 0.2) is 5.82 Å². The zero-order valence-electron chi connectivity index (χ0n) is 33.0. The van der Waals surface area contributed by atoms with E-state index in [1.54, 1.807) is 17.4 Å². The Hall–Kier alpha value is -6.19. The maximum Gasteiger partial charge on any atom is 0.275 e.